The van der Waals surface area contributed by atoms with Crippen LogP contribution in [-0.2, 0) is 14.3 Å². The van der Waals surface area contributed by atoms with Crippen LogP contribution in [0.25, 0.3) is 0 Å². The Kier molecular flexibility index (Phi) is 7.11. The highest BCUT2D eigenvalue weighted by molar-refractivity contribution is 5.78. The van der Waals surface area contributed by atoms with Gasteiger partial charge in [-0.05, 0) is 32.6 Å². The van der Waals surface area contributed by atoms with Gasteiger partial charge in [-0.25, -0.2) is 0 Å². The van der Waals surface area contributed by atoms with Crippen molar-refractivity contribution in [3.63, 3.8) is 0 Å². The molecule has 3 aliphatic rings. The first-order valence-electron chi connectivity index (χ1n) is 10.6. The summed E-state index contributed by atoms with van der Waals surface area (Å²) in [6.07, 6.45) is 6.63. The van der Waals surface area contributed by atoms with E-state index in [-0.39, 0.29) is 29.4 Å². The molecule has 1 atom stereocenters. The molecule has 154 valence electrons. The molecule has 0 aromatic rings. The van der Waals surface area contributed by atoms with Gasteiger partial charge in [-0.3, -0.25) is 14.5 Å². The summed E-state index contributed by atoms with van der Waals surface area (Å²) in [7, 11) is 0. The van der Waals surface area contributed by atoms with E-state index in [9.17, 15) is 9.59 Å². The number of piperidine rings is 1. The molecule has 2 saturated heterocycles. The largest absolute Gasteiger partial charge is 0.379 e. The van der Waals surface area contributed by atoms with Gasteiger partial charge in [0.25, 0.3) is 0 Å². The predicted octanol–water partition coefficient (Wildman–Crippen LogP) is 0.737. The van der Waals surface area contributed by atoms with E-state index in [0.29, 0.717) is 6.54 Å². The highest BCUT2D eigenvalue weighted by Gasteiger charge is 2.44. The molecule has 3 fully saturated rings. The molecule has 0 bridgehead atoms. The summed E-state index contributed by atoms with van der Waals surface area (Å²) >= 11 is 0. The van der Waals surface area contributed by atoms with Gasteiger partial charge in [-0.15, -0.1) is 0 Å². The van der Waals surface area contributed by atoms with Crippen molar-refractivity contribution in [2.75, 3.05) is 45.9 Å². The lowest BCUT2D eigenvalue weighted by atomic mass is 9.86. The van der Waals surface area contributed by atoms with Crippen molar-refractivity contribution >= 4 is 11.8 Å². The third-order valence-electron chi connectivity index (χ3n) is 6.79. The average molecular weight is 381 g/mol. The maximum atomic E-state index is 12.4. The quantitative estimate of drug-likeness (QED) is 0.711. The van der Waals surface area contributed by atoms with E-state index in [0.717, 1.165) is 52.2 Å². The number of likely N-dealkylation sites (tertiary alicyclic amines) is 1. The molecule has 2 amide bonds. The van der Waals surface area contributed by atoms with Gasteiger partial charge >= 0.3 is 0 Å². The van der Waals surface area contributed by atoms with E-state index in [1.807, 2.05) is 4.90 Å². The fourth-order valence-electron chi connectivity index (χ4n) is 5.07. The Hall–Kier alpha value is -1.18. The maximum absolute atomic E-state index is 12.4. The van der Waals surface area contributed by atoms with Gasteiger partial charge in [0.15, 0.2) is 0 Å². The van der Waals surface area contributed by atoms with E-state index in [1.54, 1.807) is 6.92 Å². The monoisotopic (exact) mass is 380 g/mol. The topological polar surface area (TPSA) is 73.9 Å². The molecule has 0 radical (unpaired) electrons. The highest BCUT2D eigenvalue weighted by atomic mass is 16.5. The van der Waals surface area contributed by atoms with Crippen molar-refractivity contribution in [3.8, 4) is 0 Å². The number of ether oxygens (including phenoxy) is 1. The van der Waals surface area contributed by atoms with Crippen LogP contribution in [0.15, 0.2) is 0 Å². The van der Waals surface area contributed by atoms with E-state index in [1.165, 1.54) is 25.7 Å². The molecule has 0 aromatic heterocycles. The minimum atomic E-state index is 0.0678. The number of nitrogens with one attached hydrogen (secondary N) is 2. The first-order valence-corrected chi connectivity index (χ1v) is 10.6. The molecular weight excluding hydrogens is 344 g/mol. The standard InChI is InChI=1S/C20H36N4O3/c1-16(20(7-3-4-8-20)24-11-13-27-14-12-24)21-15-19(26)22-18-5-9-23(10-6-18)17(2)25/h16,18,21H,3-15H2,1-2H3,(H,22,26). The van der Waals surface area contributed by atoms with Gasteiger partial charge in [0, 0.05) is 50.7 Å². The lowest BCUT2D eigenvalue weighted by molar-refractivity contribution is -0.130. The zero-order valence-electron chi connectivity index (χ0n) is 17.0. The minimum Gasteiger partial charge on any atom is -0.379 e. The van der Waals surface area contributed by atoms with Crippen LogP contribution in [-0.4, -0.2) is 85.2 Å². The Bertz CT molecular complexity index is 507. The summed E-state index contributed by atoms with van der Waals surface area (Å²) in [6.45, 7) is 9.30. The van der Waals surface area contributed by atoms with Crippen LogP contribution in [0, 0.1) is 0 Å². The smallest absolute Gasteiger partial charge is 0.234 e. The summed E-state index contributed by atoms with van der Waals surface area (Å²) in [5, 5.41) is 6.66. The van der Waals surface area contributed by atoms with Crippen molar-refractivity contribution in [3.05, 3.63) is 0 Å². The lowest BCUT2D eigenvalue weighted by Gasteiger charge is -2.47. The van der Waals surface area contributed by atoms with Crippen molar-refractivity contribution in [1.82, 2.24) is 20.4 Å². The van der Waals surface area contributed by atoms with Crippen LogP contribution >= 0.6 is 0 Å². The number of rotatable bonds is 6. The molecule has 2 N–H and O–H groups in total. The summed E-state index contributed by atoms with van der Waals surface area (Å²) in [5.74, 6) is 0.193. The van der Waals surface area contributed by atoms with Crippen LogP contribution < -0.4 is 10.6 Å². The van der Waals surface area contributed by atoms with Crippen LogP contribution in [0.5, 0.6) is 0 Å². The van der Waals surface area contributed by atoms with Crippen molar-refractivity contribution in [1.29, 1.82) is 0 Å². The number of nitrogens with zero attached hydrogens (tertiary/aromatic N) is 2. The Morgan fingerprint density at radius 1 is 1.11 bits per heavy atom. The van der Waals surface area contributed by atoms with Crippen molar-refractivity contribution in [2.45, 2.75) is 70.0 Å². The maximum Gasteiger partial charge on any atom is 0.234 e. The fourth-order valence-corrected chi connectivity index (χ4v) is 5.07. The third-order valence-corrected chi connectivity index (χ3v) is 6.79. The molecular formula is C20H36N4O3. The molecule has 2 aliphatic heterocycles. The first kappa shape index (κ1) is 20.6. The van der Waals surface area contributed by atoms with Gasteiger partial charge in [-0.2, -0.15) is 0 Å². The van der Waals surface area contributed by atoms with Gasteiger partial charge in [0.1, 0.15) is 0 Å². The van der Waals surface area contributed by atoms with Crippen molar-refractivity contribution in [2.24, 2.45) is 0 Å². The third kappa shape index (κ3) is 5.00. The van der Waals surface area contributed by atoms with E-state index in [2.05, 4.69) is 22.5 Å². The predicted molar refractivity (Wildman–Crippen MR) is 104 cm³/mol. The number of hydrogen-bond donors (Lipinski definition) is 2. The zero-order chi connectivity index (χ0) is 19.3. The Balaban J connectivity index is 1.45. The van der Waals surface area contributed by atoms with Gasteiger partial charge in [0.2, 0.25) is 11.8 Å². The fraction of sp³-hybridized carbons (Fsp3) is 0.900. The number of carbonyl (C=O) groups is 2. The highest BCUT2D eigenvalue weighted by Crippen LogP contribution is 2.38. The minimum absolute atomic E-state index is 0.0678. The summed E-state index contributed by atoms with van der Waals surface area (Å²) in [4.78, 5) is 28.3. The van der Waals surface area contributed by atoms with E-state index >= 15 is 0 Å². The van der Waals surface area contributed by atoms with Crippen LogP contribution in [0.4, 0.5) is 0 Å². The van der Waals surface area contributed by atoms with Gasteiger partial charge in [0.05, 0.1) is 19.8 Å². The number of amides is 2. The number of morpholine rings is 1. The lowest BCUT2D eigenvalue weighted by Crippen LogP contribution is -2.62. The van der Waals surface area contributed by atoms with E-state index < -0.39 is 0 Å². The molecule has 27 heavy (non-hydrogen) atoms. The van der Waals surface area contributed by atoms with Crippen molar-refractivity contribution < 1.29 is 14.3 Å². The Morgan fingerprint density at radius 2 is 1.74 bits per heavy atom. The molecule has 1 saturated carbocycles. The summed E-state index contributed by atoms with van der Waals surface area (Å²) < 4.78 is 5.54. The van der Waals surface area contributed by atoms with Crippen LogP contribution in [0.3, 0.4) is 0 Å². The average Bonchev–Trinajstić information content (AvgIpc) is 3.18. The Labute approximate surface area is 163 Å². The molecule has 2 heterocycles. The van der Waals surface area contributed by atoms with Gasteiger partial charge in [-0.1, -0.05) is 12.8 Å². The summed E-state index contributed by atoms with van der Waals surface area (Å²) in [6, 6.07) is 0.466. The second-order valence-electron chi connectivity index (χ2n) is 8.36. The normalized spacial score (nSPS) is 25.3. The second-order valence-corrected chi connectivity index (χ2v) is 8.36. The molecule has 0 aromatic carbocycles. The van der Waals surface area contributed by atoms with E-state index in [4.69, 9.17) is 4.74 Å². The molecule has 7 heteroatoms. The molecule has 7 nitrogen and oxygen atoms in total. The molecule has 0 spiro atoms. The number of carbonyl (C=O) groups excluding carboxylic acids is 2. The Morgan fingerprint density at radius 3 is 2.33 bits per heavy atom. The van der Waals surface area contributed by atoms with Crippen LogP contribution in [0.1, 0.15) is 52.4 Å². The summed E-state index contributed by atoms with van der Waals surface area (Å²) in [5.41, 5.74) is 0.164. The van der Waals surface area contributed by atoms with Gasteiger partial charge < -0.3 is 20.3 Å². The SMILES string of the molecule is CC(=O)N1CCC(NC(=O)CNC(C)C2(N3CCOCC3)CCCC2)CC1. The molecule has 1 unspecified atom stereocenters. The zero-order valence-corrected chi connectivity index (χ0v) is 17.0. The number of hydrogen-bond acceptors (Lipinski definition) is 5. The van der Waals surface area contributed by atoms with Crippen LogP contribution in [0.2, 0.25) is 0 Å². The second kappa shape index (κ2) is 9.34. The molecule has 3 rings (SSSR count). The first-order chi connectivity index (χ1) is 13.0. The molecule has 1 aliphatic carbocycles.